The summed E-state index contributed by atoms with van der Waals surface area (Å²) in [5, 5.41) is 16.5. The molecule has 1 atom stereocenters. The molecule has 0 spiro atoms. The Balaban J connectivity index is 1.25. The number of aliphatic hydroxyl groups is 1. The fourth-order valence-corrected chi connectivity index (χ4v) is 4.36. The third kappa shape index (κ3) is 4.71. The van der Waals surface area contributed by atoms with Gasteiger partial charge in [-0.05, 0) is 53.6 Å². The van der Waals surface area contributed by atoms with Crippen LogP contribution in [0.25, 0.3) is 0 Å². The number of amides is 2. The fraction of sp³-hybridized carbons (Fsp3) is 0.417. The van der Waals surface area contributed by atoms with Crippen molar-refractivity contribution >= 4 is 11.8 Å². The molecule has 1 heterocycles. The van der Waals surface area contributed by atoms with E-state index in [-0.39, 0.29) is 18.4 Å². The van der Waals surface area contributed by atoms with Crippen molar-refractivity contribution in [1.29, 1.82) is 0 Å². The summed E-state index contributed by atoms with van der Waals surface area (Å²) >= 11 is 0. The van der Waals surface area contributed by atoms with E-state index < -0.39 is 6.10 Å². The summed E-state index contributed by atoms with van der Waals surface area (Å²) < 4.78 is 0. The van der Waals surface area contributed by atoms with Gasteiger partial charge in [0.2, 0.25) is 5.91 Å². The van der Waals surface area contributed by atoms with Crippen LogP contribution in [0.15, 0.2) is 42.5 Å². The molecule has 1 aliphatic carbocycles. The summed E-state index contributed by atoms with van der Waals surface area (Å²) in [5.74, 6) is -0.151. The molecule has 6 heteroatoms. The molecule has 158 valence electrons. The van der Waals surface area contributed by atoms with Gasteiger partial charge in [0.15, 0.2) is 0 Å². The van der Waals surface area contributed by atoms with Crippen molar-refractivity contribution in [1.82, 2.24) is 15.5 Å². The van der Waals surface area contributed by atoms with Crippen molar-refractivity contribution in [2.75, 3.05) is 19.6 Å². The minimum Gasteiger partial charge on any atom is -0.390 e. The Bertz CT molecular complexity index is 918. The van der Waals surface area contributed by atoms with E-state index in [1.807, 2.05) is 18.2 Å². The number of carbonyl (C=O) groups is 2. The highest BCUT2D eigenvalue weighted by Gasteiger charge is 2.22. The predicted molar refractivity (Wildman–Crippen MR) is 115 cm³/mol. The summed E-state index contributed by atoms with van der Waals surface area (Å²) in [6, 6.07) is 14.4. The molecule has 4 rings (SSSR count). The summed E-state index contributed by atoms with van der Waals surface area (Å²) in [4.78, 5) is 26.0. The Labute approximate surface area is 177 Å². The Morgan fingerprint density at radius 2 is 1.80 bits per heavy atom. The van der Waals surface area contributed by atoms with Gasteiger partial charge in [0.25, 0.3) is 5.91 Å². The van der Waals surface area contributed by atoms with Crippen LogP contribution in [-0.4, -0.2) is 53.6 Å². The number of hydrogen-bond donors (Lipinski definition) is 3. The van der Waals surface area contributed by atoms with Gasteiger partial charge in [0.05, 0.1) is 6.10 Å². The lowest BCUT2D eigenvalue weighted by Gasteiger charge is -2.28. The molecule has 2 aromatic carbocycles. The topological polar surface area (TPSA) is 81.7 Å². The quantitative estimate of drug-likeness (QED) is 0.677. The lowest BCUT2D eigenvalue weighted by molar-refractivity contribution is -0.129. The summed E-state index contributed by atoms with van der Waals surface area (Å²) in [5.41, 5.74) is 5.51. The monoisotopic (exact) mass is 407 g/mol. The third-order valence-electron chi connectivity index (χ3n) is 6.12. The van der Waals surface area contributed by atoms with Gasteiger partial charge in [-0.1, -0.05) is 30.3 Å². The smallest absolute Gasteiger partial charge is 0.251 e. The Hall–Kier alpha value is -2.70. The maximum Gasteiger partial charge on any atom is 0.251 e. The number of benzene rings is 2. The standard InChI is InChI=1S/C24H29N3O3/c1-16(28)27-9-8-17-6-7-20(10-21(17)15-27)24(30)26-14-23(29)13-25-22-11-18-4-2-3-5-19(18)12-22/h2-7,10,22-23,25,29H,8-9,11-15H2,1H3,(H,26,30). The number of rotatable bonds is 6. The first kappa shape index (κ1) is 20.6. The highest BCUT2D eigenvalue weighted by atomic mass is 16.3. The normalized spacial score (nSPS) is 16.7. The van der Waals surface area contributed by atoms with Crippen molar-refractivity contribution < 1.29 is 14.7 Å². The van der Waals surface area contributed by atoms with E-state index in [1.54, 1.807) is 11.8 Å². The summed E-state index contributed by atoms with van der Waals surface area (Å²) in [6.07, 6.45) is 2.11. The molecule has 0 radical (unpaired) electrons. The number of carbonyl (C=O) groups excluding carboxylic acids is 2. The number of nitrogens with zero attached hydrogens (tertiary/aromatic N) is 1. The number of hydrogen-bond acceptors (Lipinski definition) is 4. The first-order chi connectivity index (χ1) is 14.5. The zero-order chi connectivity index (χ0) is 21.1. The van der Waals surface area contributed by atoms with Crippen molar-refractivity contribution in [2.45, 2.75) is 44.9 Å². The maximum atomic E-state index is 12.5. The average Bonchev–Trinajstić information content (AvgIpc) is 3.18. The van der Waals surface area contributed by atoms with Crippen molar-refractivity contribution in [3.05, 3.63) is 70.3 Å². The molecule has 2 aliphatic rings. The molecule has 1 unspecified atom stereocenters. The van der Waals surface area contributed by atoms with Gasteiger partial charge in [-0.2, -0.15) is 0 Å². The van der Waals surface area contributed by atoms with Crippen molar-refractivity contribution in [3.8, 4) is 0 Å². The van der Waals surface area contributed by atoms with Gasteiger partial charge in [-0.3, -0.25) is 9.59 Å². The zero-order valence-electron chi connectivity index (χ0n) is 17.4. The van der Waals surface area contributed by atoms with Crippen LogP contribution in [0.3, 0.4) is 0 Å². The Kier molecular flexibility index (Phi) is 6.16. The van der Waals surface area contributed by atoms with Gasteiger partial charge in [0, 0.05) is 44.7 Å². The number of nitrogens with one attached hydrogen (secondary N) is 2. The molecule has 0 saturated carbocycles. The minimum absolute atomic E-state index is 0.0523. The first-order valence-corrected chi connectivity index (χ1v) is 10.6. The van der Waals surface area contributed by atoms with E-state index in [0.717, 1.165) is 31.4 Å². The highest BCUT2D eigenvalue weighted by Crippen LogP contribution is 2.22. The van der Waals surface area contributed by atoms with Crippen LogP contribution in [0.4, 0.5) is 0 Å². The second-order valence-electron chi connectivity index (χ2n) is 8.32. The number of fused-ring (bicyclic) bond motifs is 2. The minimum atomic E-state index is -0.650. The van der Waals surface area contributed by atoms with Crippen molar-refractivity contribution in [2.24, 2.45) is 0 Å². The van der Waals surface area contributed by atoms with Crippen LogP contribution in [0, 0.1) is 0 Å². The van der Waals surface area contributed by atoms with Crippen LogP contribution in [0.5, 0.6) is 0 Å². The molecule has 0 saturated heterocycles. The van der Waals surface area contributed by atoms with Crippen LogP contribution < -0.4 is 10.6 Å². The van der Waals surface area contributed by atoms with Crippen LogP contribution >= 0.6 is 0 Å². The molecule has 6 nitrogen and oxygen atoms in total. The van der Waals surface area contributed by atoms with Gasteiger partial charge < -0.3 is 20.6 Å². The lowest BCUT2D eigenvalue weighted by atomic mass is 9.97. The SMILES string of the molecule is CC(=O)N1CCc2ccc(C(=O)NCC(O)CNC3Cc4ccccc4C3)cc2C1. The molecule has 2 amide bonds. The van der Waals surface area contributed by atoms with Crippen LogP contribution in [-0.2, 0) is 30.6 Å². The molecular formula is C24H29N3O3. The summed E-state index contributed by atoms with van der Waals surface area (Å²) in [7, 11) is 0. The second kappa shape index (κ2) is 8.98. The van der Waals surface area contributed by atoms with Gasteiger partial charge in [0.1, 0.15) is 0 Å². The Morgan fingerprint density at radius 1 is 1.07 bits per heavy atom. The van der Waals surface area contributed by atoms with E-state index in [1.165, 1.54) is 16.7 Å². The largest absolute Gasteiger partial charge is 0.390 e. The molecule has 30 heavy (non-hydrogen) atoms. The summed E-state index contributed by atoms with van der Waals surface area (Å²) in [6.45, 7) is 3.47. The molecule has 0 fully saturated rings. The second-order valence-corrected chi connectivity index (χ2v) is 8.32. The fourth-order valence-electron chi connectivity index (χ4n) is 4.36. The first-order valence-electron chi connectivity index (χ1n) is 10.6. The zero-order valence-corrected chi connectivity index (χ0v) is 17.4. The van der Waals surface area contributed by atoms with Gasteiger partial charge >= 0.3 is 0 Å². The van der Waals surface area contributed by atoms with Gasteiger partial charge in [-0.25, -0.2) is 0 Å². The van der Waals surface area contributed by atoms with E-state index in [4.69, 9.17) is 0 Å². The van der Waals surface area contributed by atoms with Gasteiger partial charge in [-0.15, -0.1) is 0 Å². The van der Waals surface area contributed by atoms with E-state index in [0.29, 0.717) is 24.7 Å². The molecule has 3 N–H and O–H groups in total. The molecule has 0 aromatic heterocycles. The van der Waals surface area contributed by atoms with E-state index in [9.17, 15) is 14.7 Å². The highest BCUT2D eigenvalue weighted by molar-refractivity contribution is 5.94. The Morgan fingerprint density at radius 3 is 2.50 bits per heavy atom. The molecule has 2 aromatic rings. The van der Waals surface area contributed by atoms with E-state index in [2.05, 4.69) is 34.9 Å². The lowest BCUT2D eigenvalue weighted by Crippen LogP contribution is -2.42. The third-order valence-corrected chi connectivity index (χ3v) is 6.12. The number of aliphatic hydroxyl groups excluding tert-OH is 1. The average molecular weight is 408 g/mol. The van der Waals surface area contributed by atoms with Crippen LogP contribution in [0.1, 0.15) is 39.5 Å². The maximum absolute atomic E-state index is 12.5. The van der Waals surface area contributed by atoms with E-state index >= 15 is 0 Å². The van der Waals surface area contributed by atoms with Crippen molar-refractivity contribution in [3.63, 3.8) is 0 Å². The predicted octanol–water partition coefficient (Wildman–Crippen LogP) is 1.44. The van der Waals surface area contributed by atoms with Crippen LogP contribution in [0.2, 0.25) is 0 Å². The molecule has 1 aliphatic heterocycles. The molecule has 0 bridgehead atoms. The molecular weight excluding hydrogens is 378 g/mol.